The molecule has 46 heavy (non-hydrogen) atoms. The first-order valence-corrected chi connectivity index (χ1v) is 15.5. The van der Waals surface area contributed by atoms with E-state index in [1.165, 1.54) is 38.2 Å². The van der Waals surface area contributed by atoms with E-state index in [0.717, 1.165) is 35.5 Å². The van der Waals surface area contributed by atoms with Crippen LogP contribution < -0.4 is 4.57 Å². The van der Waals surface area contributed by atoms with Gasteiger partial charge >= 0.3 is 25.8 Å². The number of para-hydroxylation sites is 1. The van der Waals surface area contributed by atoms with Gasteiger partial charge in [-0.1, -0.05) is 115 Å². The predicted molar refractivity (Wildman–Crippen MR) is 194 cm³/mol. The van der Waals surface area contributed by atoms with Gasteiger partial charge in [-0.2, -0.15) is 28.2 Å². The average molecular weight is 771 g/mol. The number of fused-ring (bicyclic) bond motifs is 2. The molecule has 0 aliphatic heterocycles. The Morgan fingerprint density at radius 2 is 1.20 bits per heavy atom. The molecule has 0 aliphatic rings. The number of benzene rings is 5. The second-order valence-corrected chi connectivity index (χ2v) is 10.8. The summed E-state index contributed by atoms with van der Waals surface area (Å²) in [7, 11) is 11.6. The van der Waals surface area contributed by atoms with Gasteiger partial charge in [0.1, 0.15) is 5.69 Å². The predicted octanol–water partition coefficient (Wildman–Crippen LogP) is 10.5. The van der Waals surface area contributed by atoms with Crippen LogP contribution in [0, 0.1) is 13.1 Å². The van der Waals surface area contributed by atoms with Crippen LogP contribution in [0.25, 0.3) is 48.8 Å². The smallest absolute Gasteiger partial charge is 0.679 e. The maximum Gasteiger partial charge on any atom is 4.00 e. The monoisotopic (exact) mass is 772 g/mol. The van der Waals surface area contributed by atoms with Crippen molar-refractivity contribution < 1.29 is 30.4 Å². The molecule has 0 fully saturated rings. The van der Waals surface area contributed by atoms with Crippen LogP contribution >= 0.6 is 0 Å². The van der Waals surface area contributed by atoms with Crippen molar-refractivity contribution in [3.8, 4) is 11.3 Å². The minimum Gasteiger partial charge on any atom is -0.679 e. The molecule has 0 amide bonds. The topological polar surface area (TPSA) is 46.2 Å². The van der Waals surface area contributed by atoms with Gasteiger partial charge in [-0.05, 0) is 52.1 Å². The molecule has 1 unspecified atom stereocenters. The van der Waals surface area contributed by atoms with Crippen LogP contribution in [0.4, 0.5) is 5.69 Å². The van der Waals surface area contributed by atoms with Crippen molar-refractivity contribution in [3.63, 3.8) is 0 Å². The average Bonchev–Trinajstić information content (AvgIpc) is 3.07. The van der Waals surface area contributed by atoms with Crippen LogP contribution in [-0.4, -0.2) is 28.2 Å². The van der Waals surface area contributed by atoms with Crippen molar-refractivity contribution in [2.45, 2.75) is 32.7 Å². The van der Waals surface area contributed by atoms with E-state index in [4.69, 9.17) is 5.32 Å². The van der Waals surface area contributed by atoms with Crippen LogP contribution in [0.5, 0.6) is 0 Å². The Morgan fingerprint density at radius 1 is 0.674 bits per heavy atom. The molecule has 6 aromatic rings. The first-order chi connectivity index (χ1) is 22.0. The molecular weight excluding hydrogens is 727 g/mol. The summed E-state index contributed by atoms with van der Waals surface area (Å²) in [5.74, 6) is 0. The third kappa shape index (κ3) is 8.33. The molecule has 232 valence electrons. The van der Waals surface area contributed by atoms with Gasteiger partial charge in [-0.25, -0.2) is 0 Å². The summed E-state index contributed by atoms with van der Waals surface area (Å²) in [6.07, 6.45) is 1.86. The Labute approximate surface area is 295 Å². The van der Waals surface area contributed by atoms with Crippen LogP contribution in [-0.2, 0) is 38.7 Å². The molecule has 0 N–H and O–H groups in total. The number of aryl methyl sites for hydroxylation is 2. The summed E-state index contributed by atoms with van der Waals surface area (Å²) in [5.41, 5.74) is 7.92. The molecular formula is C41H44HfN4. The summed E-state index contributed by atoms with van der Waals surface area (Å²) in [6, 6.07) is 43.8. The van der Waals surface area contributed by atoms with Gasteiger partial charge < -0.3 is 20.5 Å². The molecule has 0 radical (unpaired) electrons. The van der Waals surface area contributed by atoms with E-state index < -0.39 is 0 Å². The van der Waals surface area contributed by atoms with Crippen molar-refractivity contribution in [1.82, 2.24) is 0 Å². The standard InChI is InChI=1S/C37H32N2.2C2H6N.Hf/c1-4-26-19-13-20-27(5-2)36(26)38-37(34-24-14-23-33(39(34)3)28-15-7-6-8-16-28)35-31-21-11-9-17-29(31)25-30-18-10-12-22-32(30)35;2*1-3-2;/h6-15,17-25,37H,3-5H2,1-2H3;2*1-2H3;/q-2;2*-1;+4. The molecule has 1 heterocycles. The zero-order valence-electron chi connectivity index (χ0n) is 28.0. The number of hydrogen-bond acceptors (Lipinski definition) is 0. The van der Waals surface area contributed by atoms with E-state index in [2.05, 4.69) is 139 Å². The van der Waals surface area contributed by atoms with Gasteiger partial charge in [0.15, 0.2) is 0 Å². The molecule has 5 heteroatoms. The van der Waals surface area contributed by atoms with Crippen LogP contribution in [0.1, 0.15) is 42.3 Å². The maximum absolute atomic E-state index is 5.67. The van der Waals surface area contributed by atoms with E-state index in [1.807, 2.05) is 18.2 Å². The second kappa shape index (κ2) is 18.4. The number of rotatable bonds is 7. The first kappa shape index (κ1) is 36.7. The summed E-state index contributed by atoms with van der Waals surface area (Å²) < 4.78 is 2.05. The van der Waals surface area contributed by atoms with Gasteiger partial charge in [0, 0.05) is 7.05 Å². The molecule has 6 rings (SSSR count). The fourth-order valence-electron chi connectivity index (χ4n) is 5.72. The molecule has 1 aromatic heterocycles. The minimum atomic E-state index is -0.264. The van der Waals surface area contributed by atoms with E-state index in [9.17, 15) is 0 Å². The van der Waals surface area contributed by atoms with Gasteiger partial charge in [-0.3, -0.25) is 0 Å². The van der Waals surface area contributed by atoms with Gasteiger partial charge in [0.25, 0.3) is 0 Å². The summed E-state index contributed by atoms with van der Waals surface area (Å²) >= 11 is 0. The van der Waals surface area contributed by atoms with E-state index in [1.54, 1.807) is 28.2 Å². The van der Waals surface area contributed by atoms with Crippen molar-refractivity contribution in [3.05, 3.63) is 167 Å². The largest absolute Gasteiger partial charge is 4.00 e. The Bertz CT molecular complexity index is 1740. The number of aromatic nitrogens is 1. The fraction of sp³-hybridized carbons (Fsp3) is 0.220. The third-order valence-electron chi connectivity index (χ3n) is 7.70. The van der Waals surface area contributed by atoms with Crippen molar-refractivity contribution in [2.75, 3.05) is 28.2 Å². The Hall–Kier alpha value is -3.77. The van der Waals surface area contributed by atoms with E-state index in [0.29, 0.717) is 0 Å². The summed E-state index contributed by atoms with van der Waals surface area (Å²) in [6.45, 7) is 4.42. The van der Waals surface area contributed by atoms with Gasteiger partial charge in [0.05, 0.1) is 5.69 Å². The quantitative estimate of drug-likeness (QED) is 0.0672. The molecule has 0 aliphatic carbocycles. The SMILES string of the molecule is C[N-]C.C[N-]C.[CH2-][n+]1c(-c2[c-]cccc2)cccc1C([N-]c1c(CC)cccc1CC)c1c2ccccc2cc2ccccc12.[Hf+4]. The second-order valence-electron chi connectivity index (χ2n) is 10.8. The maximum atomic E-state index is 5.67. The first-order valence-electron chi connectivity index (χ1n) is 15.5. The van der Waals surface area contributed by atoms with Crippen LogP contribution in [0.3, 0.4) is 0 Å². The van der Waals surface area contributed by atoms with Crippen LogP contribution in [0.2, 0.25) is 0 Å². The molecule has 0 saturated heterocycles. The molecule has 0 saturated carbocycles. The van der Waals surface area contributed by atoms with Crippen molar-refractivity contribution in [2.24, 2.45) is 0 Å². The molecule has 1 atom stereocenters. The number of pyridine rings is 1. The Balaban J connectivity index is 0.000000765. The minimum absolute atomic E-state index is 0. The zero-order valence-corrected chi connectivity index (χ0v) is 31.5. The fourth-order valence-corrected chi connectivity index (χ4v) is 5.72. The van der Waals surface area contributed by atoms with Crippen molar-refractivity contribution >= 4 is 27.2 Å². The summed E-state index contributed by atoms with van der Waals surface area (Å²) in [5, 5.41) is 17.5. The Morgan fingerprint density at radius 3 is 1.72 bits per heavy atom. The van der Waals surface area contributed by atoms with Gasteiger partial charge in [-0.15, -0.1) is 36.0 Å². The molecule has 5 aromatic carbocycles. The third-order valence-corrected chi connectivity index (χ3v) is 7.70. The number of hydrogen-bond donors (Lipinski definition) is 0. The van der Waals surface area contributed by atoms with Crippen LogP contribution in [0.15, 0.2) is 115 Å². The summed E-state index contributed by atoms with van der Waals surface area (Å²) in [4.78, 5) is 0. The zero-order chi connectivity index (χ0) is 32.2. The van der Waals surface area contributed by atoms with Crippen molar-refractivity contribution in [1.29, 1.82) is 0 Å². The molecule has 0 bridgehead atoms. The van der Waals surface area contributed by atoms with Gasteiger partial charge in [0.2, 0.25) is 0 Å². The van der Waals surface area contributed by atoms with E-state index >= 15 is 0 Å². The normalized spacial score (nSPS) is 11.0. The number of nitrogens with zero attached hydrogens (tertiary/aromatic N) is 4. The Kier molecular flexibility index (Phi) is 14.7. The molecule has 0 spiro atoms. The van der Waals surface area contributed by atoms with E-state index in [-0.39, 0.29) is 31.9 Å². The molecule has 4 nitrogen and oxygen atoms in total.